The van der Waals surface area contributed by atoms with Gasteiger partial charge in [-0.25, -0.2) is 5.43 Å². The molecule has 2 rings (SSSR count). The van der Waals surface area contributed by atoms with E-state index in [0.29, 0.717) is 11.3 Å². The van der Waals surface area contributed by atoms with E-state index in [0.717, 1.165) is 17.1 Å². The van der Waals surface area contributed by atoms with Crippen molar-refractivity contribution in [3.8, 4) is 5.75 Å². The predicted molar refractivity (Wildman–Crippen MR) is 77.3 cm³/mol. The largest absolute Gasteiger partial charge is 0.507 e. The number of carbonyl (C=O) groups is 1. The molecule has 0 saturated heterocycles. The van der Waals surface area contributed by atoms with Gasteiger partial charge in [0.25, 0.3) is 5.91 Å². The van der Waals surface area contributed by atoms with Gasteiger partial charge in [-0.1, -0.05) is 12.1 Å². The number of hydrazone groups is 1. The van der Waals surface area contributed by atoms with Crippen molar-refractivity contribution in [1.29, 1.82) is 0 Å². The molecule has 1 aromatic heterocycles. The van der Waals surface area contributed by atoms with E-state index in [2.05, 4.69) is 15.6 Å². The normalized spacial score (nSPS) is 11.2. The number of nitrogens with one attached hydrogen (secondary N) is 1. The molecule has 0 unspecified atom stereocenters. The summed E-state index contributed by atoms with van der Waals surface area (Å²) in [6.07, 6.45) is 2.21. The lowest BCUT2D eigenvalue weighted by atomic mass is 10.1. The van der Waals surface area contributed by atoms with E-state index in [4.69, 9.17) is 0 Å². The number of benzene rings is 1. The van der Waals surface area contributed by atoms with Crippen molar-refractivity contribution in [2.75, 3.05) is 0 Å². The highest BCUT2D eigenvalue weighted by molar-refractivity contribution is 6.01. The van der Waals surface area contributed by atoms with Gasteiger partial charge in [0.2, 0.25) is 0 Å². The molecule has 0 bridgehead atoms. The first-order chi connectivity index (χ1) is 10.5. The summed E-state index contributed by atoms with van der Waals surface area (Å²) in [6, 6.07) is 6.59. The Morgan fingerprint density at radius 1 is 1.50 bits per heavy atom. The zero-order valence-corrected chi connectivity index (χ0v) is 11.6. The maximum absolute atomic E-state index is 11.7. The number of phenolic OH excluding ortho intramolecular Hbond substituents is 1. The van der Waals surface area contributed by atoms with Crippen molar-refractivity contribution >= 4 is 17.3 Å². The van der Waals surface area contributed by atoms with Gasteiger partial charge >= 0.3 is 5.69 Å². The zero-order valence-electron chi connectivity index (χ0n) is 11.6. The van der Waals surface area contributed by atoms with Crippen LogP contribution in [0.4, 0.5) is 5.69 Å². The molecule has 0 aliphatic carbocycles. The molecule has 1 amide bonds. The lowest BCUT2D eigenvalue weighted by molar-refractivity contribution is -0.385. The van der Waals surface area contributed by atoms with Gasteiger partial charge in [-0.05, 0) is 19.1 Å². The van der Waals surface area contributed by atoms with Gasteiger partial charge in [0.05, 0.1) is 10.6 Å². The Bertz CT molecular complexity index is 738. The second-order valence-corrected chi connectivity index (χ2v) is 4.40. The molecule has 0 fully saturated rings. The minimum absolute atomic E-state index is 0.0562. The molecule has 1 aromatic carbocycles. The molecule has 1 heterocycles. The van der Waals surface area contributed by atoms with Gasteiger partial charge in [-0.15, -0.1) is 0 Å². The van der Waals surface area contributed by atoms with Gasteiger partial charge in [0, 0.05) is 5.56 Å². The summed E-state index contributed by atoms with van der Waals surface area (Å²) in [5.41, 5.74) is 3.04. The van der Waals surface area contributed by atoms with Crippen molar-refractivity contribution in [1.82, 2.24) is 15.2 Å². The monoisotopic (exact) mass is 303 g/mol. The van der Waals surface area contributed by atoms with Crippen LogP contribution in [0.25, 0.3) is 0 Å². The summed E-state index contributed by atoms with van der Waals surface area (Å²) in [6.45, 7) is 1.43. The summed E-state index contributed by atoms with van der Waals surface area (Å²) >= 11 is 0. The van der Waals surface area contributed by atoms with E-state index < -0.39 is 10.8 Å². The standard InChI is InChI=1S/C13H13N5O4/c1-9(11-4-2-3-5-12(11)19)15-16-13(20)8-17-7-10(6-14-17)18(21)22/h2-7,19H,8H2,1H3,(H,16,20)/b15-9+. The number of nitrogens with zero attached hydrogens (tertiary/aromatic N) is 4. The van der Waals surface area contributed by atoms with Crippen LogP contribution in [0.1, 0.15) is 12.5 Å². The summed E-state index contributed by atoms with van der Waals surface area (Å²) in [7, 11) is 0. The first-order valence-electron chi connectivity index (χ1n) is 6.25. The summed E-state index contributed by atoms with van der Waals surface area (Å²) in [4.78, 5) is 21.6. The molecule has 0 aliphatic heterocycles. The average molecular weight is 303 g/mol. The second kappa shape index (κ2) is 6.48. The molecule has 9 nitrogen and oxygen atoms in total. The van der Waals surface area contributed by atoms with Crippen LogP contribution in [-0.4, -0.2) is 31.4 Å². The molecule has 9 heteroatoms. The van der Waals surface area contributed by atoms with Crippen LogP contribution in [-0.2, 0) is 11.3 Å². The Kier molecular flexibility index (Phi) is 4.47. The molecule has 2 N–H and O–H groups in total. The average Bonchev–Trinajstić information content (AvgIpc) is 2.94. The van der Waals surface area contributed by atoms with Gasteiger partial charge in [0.15, 0.2) is 0 Å². The highest BCUT2D eigenvalue weighted by Gasteiger charge is 2.11. The van der Waals surface area contributed by atoms with Crippen LogP contribution < -0.4 is 5.43 Å². The number of hydrogen-bond acceptors (Lipinski definition) is 6. The number of amides is 1. The quantitative estimate of drug-likeness (QED) is 0.485. The number of phenols is 1. The Hall–Kier alpha value is -3.23. The fourth-order valence-corrected chi connectivity index (χ4v) is 1.70. The smallest absolute Gasteiger partial charge is 0.307 e. The van der Waals surface area contributed by atoms with Crippen molar-refractivity contribution in [2.24, 2.45) is 5.10 Å². The Morgan fingerprint density at radius 3 is 2.86 bits per heavy atom. The Labute approximate surface area is 125 Å². The SMILES string of the molecule is C/C(=N\NC(=O)Cn1cc([N+](=O)[O-])cn1)c1ccccc1O. The Morgan fingerprint density at radius 2 is 2.23 bits per heavy atom. The number of aromatic hydroxyl groups is 1. The minimum Gasteiger partial charge on any atom is -0.507 e. The number of aromatic nitrogens is 2. The fraction of sp³-hybridized carbons (Fsp3) is 0.154. The molecule has 0 spiro atoms. The van der Waals surface area contributed by atoms with Crippen molar-refractivity contribution in [3.63, 3.8) is 0 Å². The lowest BCUT2D eigenvalue weighted by Crippen LogP contribution is -2.24. The number of rotatable bonds is 5. The minimum atomic E-state index is -0.595. The summed E-state index contributed by atoms with van der Waals surface area (Å²) in [5, 5.41) is 27.8. The third kappa shape index (κ3) is 3.66. The van der Waals surface area contributed by atoms with Gasteiger partial charge in [-0.3, -0.25) is 19.6 Å². The molecule has 0 radical (unpaired) electrons. The van der Waals surface area contributed by atoms with Crippen molar-refractivity contribution in [2.45, 2.75) is 13.5 Å². The molecular weight excluding hydrogens is 290 g/mol. The third-order valence-corrected chi connectivity index (χ3v) is 2.78. The molecule has 114 valence electrons. The molecular formula is C13H13N5O4. The second-order valence-electron chi connectivity index (χ2n) is 4.40. The predicted octanol–water partition coefficient (Wildman–Crippen LogP) is 1.04. The van der Waals surface area contributed by atoms with Gasteiger partial charge < -0.3 is 5.11 Å². The molecule has 0 aliphatic rings. The van der Waals surface area contributed by atoms with E-state index in [9.17, 15) is 20.0 Å². The zero-order chi connectivity index (χ0) is 16.1. The van der Waals surface area contributed by atoms with Gasteiger partial charge in [0.1, 0.15) is 24.7 Å². The van der Waals surface area contributed by atoms with E-state index in [1.165, 1.54) is 6.07 Å². The first-order valence-corrected chi connectivity index (χ1v) is 6.25. The summed E-state index contributed by atoms with van der Waals surface area (Å²) in [5.74, 6) is -0.437. The first kappa shape index (κ1) is 15.2. The number of para-hydroxylation sites is 1. The van der Waals surface area contributed by atoms with Gasteiger partial charge in [-0.2, -0.15) is 10.2 Å². The van der Waals surface area contributed by atoms with E-state index in [-0.39, 0.29) is 18.0 Å². The third-order valence-electron chi connectivity index (χ3n) is 2.78. The van der Waals surface area contributed by atoms with E-state index >= 15 is 0 Å². The van der Waals surface area contributed by atoms with Crippen LogP contribution in [0.2, 0.25) is 0 Å². The highest BCUT2D eigenvalue weighted by Crippen LogP contribution is 2.16. The number of carbonyl (C=O) groups excluding carboxylic acids is 1. The van der Waals surface area contributed by atoms with E-state index in [1.54, 1.807) is 25.1 Å². The van der Waals surface area contributed by atoms with Crippen LogP contribution in [0, 0.1) is 10.1 Å². The molecule has 2 aromatic rings. The summed E-state index contributed by atoms with van der Waals surface area (Å²) < 4.78 is 1.14. The number of nitro groups is 1. The van der Waals surface area contributed by atoms with Crippen LogP contribution in [0.5, 0.6) is 5.75 Å². The van der Waals surface area contributed by atoms with Crippen molar-refractivity contribution in [3.05, 3.63) is 52.3 Å². The maximum Gasteiger partial charge on any atom is 0.307 e. The van der Waals surface area contributed by atoms with Crippen LogP contribution in [0.15, 0.2) is 41.8 Å². The maximum atomic E-state index is 11.7. The lowest BCUT2D eigenvalue weighted by Gasteiger charge is -2.04. The number of hydrogen-bond donors (Lipinski definition) is 2. The topological polar surface area (TPSA) is 123 Å². The van der Waals surface area contributed by atoms with Crippen LogP contribution in [0.3, 0.4) is 0 Å². The molecule has 22 heavy (non-hydrogen) atoms. The van der Waals surface area contributed by atoms with E-state index in [1.807, 2.05) is 0 Å². The fourth-order valence-electron chi connectivity index (χ4n) is 1.70. The molecule has 0 saturated carbocycles. The molecule has 0 atom stereocenters. The van der Waals surface area contributed by atoms with Crippen LogP contribution >= 0.6 is 0 Å². The van der Waals surface area contributed by atoms with Crippen molar-refractivity contribution < 1.29 is 14.8 Å². The Balaban J connectivity index is 1.98. The highest BCUT2D eigenvalue weighted by atomic mass is 16.6.